The highest BCUT2D eigenvalue weighted by molar-refractivity contribution is 5.78. The van der Waals surface area contributed by atoms with Gasteiger partial charge in [-0.05, 0) is 44.5 Å². The van der Waals surface area contributed by atoms with Gasteiger partial charge in [-0.25, -0.2) is 0 Å². The highest BCUT2D eigenvalue weighted by Gasteiger charge is 2.19. The molecule has 0 aliphatic carbocycles. The van der Waals surface area contributed by atoms with Crippen LogP contribution in [0.25, 0.3) is 0 Å². The fraction of sp³-hybridized carbons (Fsp3) is 0.632. The van der Waals surface area contributed by atoms with Crippen molar-refractivity contribution in [3.05, 3.63) is 28.8 Å². The Kier molecular flexibility index (Phi) is 7.23. The van der Waals surface area contributed by atoms with Crippen LogP contribution in [0.15, 0.2) is 12.1 Å². The van der Waals surface area contributed by atoms with Gasteiger partial charge in [0.2, 0.25) is 5.91 Å². The lowest BCUT2D eigenvalue weighted by molar-refractivity contribution is -0.136. The van der Waals surface area contributed by atoms with Crippen molar-refractivity contribution in [3.8, 4) is 5.75 Å². The number of aryl methyl sites for hydroxylation is 2. The molecule has 1 aliphatic heterocycles. The molecule has 1 N–H and O–H groups in total. The summed E-state index contributed by atoms with van der Waals surface area (Å²) in [5.74, 6) is 0.912. The zero-order valence-electron chi connectivity index (χ0n) is 15.7. The van der Waals surface area contributed by atoms with Crippen LogP contribution in [0.5, 0.6) is 5.75 Å². The third-order valence-corrected chi connectivity index (χ3v) is 4.59. The van der Waals surface area contributed by atoms with Gasteiger partial charge >= 0.3 is 0 Å². The molecule has 1 unspecified atom stereocenters. The first-order valence-corrected chi connectivity index (χ1v) is 8.80. The van der Waals surface area contributed by atoms with Crippen molar-refractivity contribution in [1.82, 2.24) is 9.80 Å². The van der Waals surface area contributed by atoms with Gasteiger partial charge in [0, 0.05) is 19.6 Å². The summed E-state index contributed by atoms with van der Waals surface area (Å²) < 4.78 is 11.1. The van der Waals surface area contributed by atoms with Gasteiger partial charge < -0.3 is 19.5 Å². The van der Waals surface area contributed by atoms with Crippen molar-refractivity contribution in [3.63, 3.8) is 0 Å². The smallest absolute Gasteiger partial charge is 0.236 e. The highest BCUT2D eigenvalue weighted by atomic mass is 16.5. The van der Waals surface area contributed by atoms with Crippen LogP contribution in [0.1, 0.15) is 16.7 Å². The third kappa shape index (κ3) is 5.70. The molecule has 1 aromatic carbocycles. The van der Waals surface area contributed by atoms with Crippen molar-refractivity contribution in [2.75, 3.05) is 53.0 Å². The van der Waals surface area contributed by atoms with E-state index in [0.717, 1.165) is 16.9 Å². The number of benzene rings is 1. The second-order valence-corrected chi connectivity index (χ2v) is 6.81. The number of hydrogen-bond acceptors (Lipinski definition) is 5. The second-order valence-electron chi connectivity index (χ2n) is 6.81. The van der Waals surface area contributed by atoms with Crippen LogP contribution in [0.4, 0.5) is 0 Å². The monoisotopic (exact) mass is 350 g/mol. The Labute approximate surface area is 150 Å². The number of carbonyl (C=O) groups excluding carboxylic acids is 1. The summed E-state index contributed by atoms with van der Waals surface area (Å²) >= 11 is 0. The van der Waals surface area contributed by atoms with E-state index < -0.39 is 6.10 Å². The lowest BCUT2D eigenvalue weighted by Crippen LogP contribution is -2.46. The summed E-state index contributed by atoms with van der Waals surface area (Å²) in [5.41, 5.74) is 3.33. The summed E-state index contributed by atoms with van der Waals surface area (Å²) in [4.78, 5) is 15.9. The van der Waals surface area contributed by atoms with E-state index in [1.807, 2.05) is 43.7 Å². The number of nitrogens with zero attached hydrogens (tertiary/aromatic N) is 2. The number of likely N-dealkylation sites (N-methyl/N-ethyl adjacent to an activating group) is 1. The summed E-state index contributed by atoms with van der Waals surface area (Å²) in [6.07, 6.45) is -0.651. The molecule has 6 heteroatoms. The Morgan fingerprint density at radius 1 is 1.28 bits per heavy atom. The summed E-state index contributed by atoms with van der Waals surface area (Å²) in [6.45, 7) is 9.44. The van der Waals surface area contributed by atoms with E-state index in [1.165, 1.54) is 5.56 Å². The minimum Gasteiger partial charge on any atom is -0.490 e. The average molecular weight is 350 g/mol. The van der Waals surface area contributed by atoms with Crippen molar-refractivity contribution < 1.29 is 19.4 Å². The molecule has 6 nitrogen and oxygen atoms in total. The highest BCUT2D eigenvalue weighted by Crippen LogP contribution is 2.25. The quantitative estimate of drug-likeness (QED) is 0.799. The average Bonchev–Trinajstić information content (AvgIpc) is 2.59. The number of aliphatic hydroxyl groups excluding tert-OH is 1. The van der Waals surface area contributed by atoms with E-state index >= 15 is 0 Å². The number of ether oxygens (including phenoxy) is 2. The first kappa shape index (κ1) is 19.7. The minimum atomic E-state index is -0.651. The summed E-state index contributed by atoms with van der Waals surface area (Å²) in [6, 6.07) is 4.09. The second kappa shape index (κ2) is 9.17. The van der Waals surface area contributed by atoms with Crippen molar-refractivity contribution >= 4 is 5.91 Å². The molecule has 0 bridgehead atoms. The van der Waals surface area contributed by atoms with Gasteiger partial charge in [-0.3, -0.25) is 9.69 Å². The van der Waals surface area contributed by atoms with E-state index in [0.29, 0.717) is 39.4 Å². The molecule has 1 atom stereocenters. The molecule has 1 heterocycles. The van der Waals surface area contributed by atoms with E-state index in [2.05, 4.69) is 6.07 Å². The van der Waals surface area contributed by atoms with Crippen LogP contribution in [-0.2, 0) is 9.53 Å². The van der Waals surface area contributed by atoms with Crippen LogP contribution in [0.3, 0.4) is 0 Å². The van der Waals surface area contributed by atoms with Crippen LogP contribution < -0.4 is 4.74 Å². The Bertz CT molecular complexity index is 585. The van der Waals surface area contributed by atoms with E-state index in [4.69, 9.17) is 9.47 Å². The van der Waals surface area contributed by atoms with Gasteiger partial charge in [0.1, 0.15) is 18.5 Å². The molecule has 1 aliphatic rings. The largest absolute Gasteiger partial charge is 0.490 e. The van der Waals surface area contributed by atoms with Gasteiger partial charge in [-0.1, -0.05) is 12.1 Å². The predicted molar refractivity (Wildman–Crippen MR) is 97.1 cm³/mol. The molecule has 0 spiro atoms. The maximum Gasteiger partial charge on any atom is 0.236 e. The fourth-order valence-electron chi connectivity index (χ4n) is 2.95. The SMILES string of the molecule is Cc1ccc(C)c(OCC(O)CN(C)CC(=O)N2CCOCC2)c1C. The Hall–Kier alpha value is -1.63. The van der Waals surface area contributed by atoms with Gasteiger partial charge in [0.25, 0.3) is 0 Å². The molecule has 140 valence electrons. The zero-order valence-corrected chi connectivity index (χ0v) is 15.7. The number of morpholine rings is 1. The van der Waals surface area contributed by atoms with Crippen LogP contribution in [0, 0.1) is 20.8 Å². The zero-order chi connectivity index (χ0) is 18.4. The standard InChI is InChI=1S/C19H30N2O4/c1-14-5-6-15(2)19(16(14)3)25-13-17(22)11-20(4)12-18(23)21-7-9-24-10-8-21/h5-6,17,22H,7-13H2,1-4H3. The van der Waals surface area contributed by atoms with Crippen molar-refractivity contribution in [2.45, 2.75) is 26.9 Å². The molecule has 25 heavy (non-hydrogen) atoms. The van der Waals surface area contributed by atoms with Crippen molar-refractivity contribution in [1.29, 1.82) is 0 Å². The number of amides is 1. The molecule has 1 amide bonds. The molecule has 1 aromatic rings. The minimum absolute atomic E-state index is 0.0734. The van der Waals surface area contributed by atoms with Crippen molar-refractivity contribution in [2.24, 2.45) is 0 Å². The predicted octanol–water partition coefficient (Wildman–Crippen LogP) is 1.14. The molecule has 2 rings (SSSR count). The Balaban J connectivity index is 1.78. The normalized spacial score (nSPS) is 16.2. The van der Waals surface area contributed by atoms with E-state index in [1.54, 1.807) is 0 Å². The molecule has 1 fully saturated rings. The van der Waals surface area contributed by atoms with E-state index in [9.17, 15) is 9.90 Å². The van der Waals surface area contributed by atoms with Crippen LogP contribution in [0.2, 0.25) is 0 Å². The first-order chi connectivity index (χ1) is 11.9. The molecule has 0 saturated carbocycles. The number of hydrogen-bond donors (Lipinski definition) is 1. The lowest BCUT2D eigenvalue weighted by Gasteiger charge is -2.29. The maximum absolute atomic E-state index is 12.2. The van der Waals surface area contributed by atoms with E-state index in [-0.39, 0.29) is 12.5 Å². The van der Waals surface area contributed by atoms with Gasteiger partial charge in [0.05, 0.1) is 19.8 Å². The fourth-order valence-corrected chi connectivity index (χ4v) is 2.95. The molecule has 0 aromatic heterocycles. The first-order valence-electron chi connectivity index (χ1n) is 8.80. The lowest BCUT2D eigenvalue weighted by atomic mass is 10.1. The van der Waals surface area contributed by atoms with Crippen LogP contribution >= 0.6 is 0 Å². The van der Waals surface area contributed by atoms with Gasteiger partial charge in [-0.15, -0.1) is 0 Å². The third-order valence-electron chi connectivity index (χ3n) is 4.59. The molecular formula is C19H30N2O4. The molecule has 1 saturated heterocycles. The van der Waals surface area contributed by atoms with Gasteiger partial charge in [-0.2, -0.15) is 0 Å². The van der Waals surface area contributed by atoms with Gasteiger partial charge in [0.15, 0.2) is 0 Å². The van der Waals surface area contributed by atoms with Crippen LogP contribution in [-0.4, -0.2) is 80.0 Å². The number of rotatable bonds is 7. The number of aliphatic hydroxyl groups is 1. The summed E-state index contributed by atoms with van der Waals surface area (Å²) in [5, 5.41) is 10.2. The Morgan fingerprint density at radius 3 is 2.60 bits per heavy atom. The number of carbonyl (C=O) groups is 1. The molecular weight excluding hydrogens is 320 g/mol. The Morgan fingerprint density at radius 2 is 1.92 bits per heavy atom. The topological polar surface area (TPSA) is 62.2 Å². The molecule has 0 radical (unpaired) electrons. The summed E-state index contributed by atoms with van der Waals surface area (Å²) in [7, 11) is 1.84. The maximum atomic E-state index is 12.2.